The van der Waals surface area contributed by atoms with Gasteiger partial charge in [0, 0.05) is 6.54 Å². The van der Waals surface area contributed by atoms with Gasteiger partial charge in [-0.05, 0) is 32.6 Å². The lowest BCUT2D eigenvalue weighted by molar-refractivity contribution is -0.151. The fraction of sp³-hybridized carbons (Fsp3) is 0.818. The van der Waals surface area contributed by atoms with Crippen LogP contribution in [0.4, 0.5) is 0 Å². The summed E-state index contributed by atoms with van der Waals surface area (Å²) in [6.45, 7) is 2.17. The topological polar surface area (TPSA) is 95.9 Å². The predicted molar refractivity (Wildman–Crippen MR) is 59.5 cm³/mol. The van der Waals surface area contributed by atoms with Crippen molar-refractivity contribution in [1.82, 2.24) is 5.32 Å². The molecule has 0 aromatic carbocycles. The van der Waals surface area contributed by atoms with Crippen LogP contribution in [-0.2, 0) is 14.3 Å². The number of rotatable bonds is 6. The summed E-state index contributed by atoms with van der Waals surface area (Å²) in [5.41, 5.74) is 0. The Bertz CT molecular complexity index is 279. The molecule has 1 fully saturated rings. The van der Waals surface area contributed by atoms with Gasteiger partial charge in [-0.1, -0.05) is 0 Å². The van der Waals surface area contributed by atoms with Gasteiger partial charge in [0.05, 0.1) is 6.10 Å². The van der Waals surface area contributed by atoms with E-state index in [9.17, 15) is 9.59 Å². The smallest absolute Gasteiger partial charge is 0.332 e. The van der Waals surface area contributed by atoms with E-state index >= 15 is 0 Å². The summed E-state index contributed by atoms with van der Waals surface area (Å²) in [5, 5.41) is 20.4. The van der Waals surface area contributed by atoms with Crippen LogP contribution < -0.4 is 5.32 Å². The molecular formula is C11H19NO5. The Labute approximate surface area is 100.0 Å². The average molecular weight is 245 g/mol. The van der Waals surface area contributed by atoms with Crippen LogP contribution >= 0.6 is 0 Å². The van der Waals surface area contributed by atoms with Crippen molar-refractivity contribution >= 4 is 11.9 Å². The lowest BCUT2D eigenvalue weighted by atomic mass is 10.2. The van der Waals surface area contributed by atoms with E-state index in [0.29, 0.717) is 32.2 Å². The summed E-state index contributed by atoms with van der Waals surface area (Å²) < 4.78 is 5.10. The van der Waals surface area contributed by atoms with Crippen molar-refractivity contribution in [3.8, 4) is 0 Å². The summed E-state index contributed by atoms with van der Waals surface area (Å²) in [6.07, 6.45) is 0.263. The zero-order chi connectivity index (χ0) is 12.8. The molecule has 1 unspecified atom stereocenters. The Morgan fingerprint density at radius 3 is 2.59 bits per heavy atom. The Morgan fingerprint density at radius 1 is 1.41 bits per heavy atom. The molecule has 17 heavy (non-hydrogen) atoms. The van der Waals surface area contributed by atoms with Gasteiger partial charge in [0.2, 0.25) is 5.91 Å². The second-order valence-corrected chi connectivity index (χ2v) is 4.31. The molecule has 0 aromatic rings. The first-order valence-electron chi connectivity index (χ1n) is 5.84. The summed E-state index contributed by atoms with van der Waals surface area (Å²) >= 11 is 0. The van der Waals surface area contributed by atoms with E-state index < -0.39 is 18.2 Å². The molecule has 0 bridgehead atoms. The standard InChI is InChI=1S/C11H19NO5/c1-7(13)3-2-6-12-10(14)8-4-5-9(17-8)11(15)16/h7-9,13H,2-6H2,1H3,(H,12,14)(H,15,16)/t7?,8-,9+/m0/s1. The molecule has 0 radical (unpaired) electrons. The maximum Gasteiger partial charge on any atom is 0.332 e. The molecule has 1 aliphatic rings. The number of aliphatic hydroxyl groups is 1. The highest BCUT2D eigenvalue weighted by atomic mass is 16.5. The minimum absolute atomic E-state index is 0.264. The van der Waals surface area contributed by atoms with Crippen molar-refractivity contribution in [3.63, 3.8) is 0 Å². The quantitative estimate of drug-likeness (QED) is 0.568. The van der Waals surface area contributed by atoms with E-state index in [1.165, 1.54) is 0 Å². The van der Waals surface area contributed by atoms with Crippen LogP contribution in [0.3, 0.4) is 0 Å². The normalized spacial score (nSPS) is 25.5. The van der Waals surface area contributed by atoms with E-state index in [2.05, 4.69) is 5.32 Å². The van der Waals surface area contributed by atoms with Gasteiger partial charge < -0.3 is 20.3 Å². The predicted octanol–water partition coefficient (Wildman–Crippen LogP) is -0.104. The van der Waals surface area contributed by atoms with Crippen LogP contribution in [0.5, 0.6) is 0 Å². The lowest BCUT2D eigenvalue weighted by Crippen LogP contribution is -2.36. The number of carboxylic acid groups (broad SMARTS) is 1. The number of hydrogen-bond acceptors (Lipinski definition) is 4. The van der Waals surface area contributed by atoms with Gasteiger partial charge in [0.25, 0.3) is 0 Å². The minimum Gasteiger partial charge on any atom is -0.479 e. The van der Waals surface area contributed by atoms with Crippen molar-refractivity contribution in [2.24, 2.45) is 0 Å². The number of ether oxygens (including phenoxy) is 1. The summed E-state index contributed by atoms with van der Waals surface area (Å²) in [7, 11) is 0. The molecule has 6 nitrogen and oxygen atoms in total. The molecule has 0 aromatic heterocycles. The highest BCUT2D eigenvalue weighted by Gasteiger charge is 2.34. The first-order chi connectivity index (χ1) is 8.00. The molecule has 1 aliphatic heterocycles. The fourth-order valence-corrected chi connectivity index (χ4v) is 1.73. The average Bonchev–Trinajstić information content (AvgIpc) is 2.73. The third-order valence-electron chi connectivity index (χ3n) is 2.69. The van der Waals surface area contributed by atoms with Crippen molar-refractivity contribution in [2.75, 3.05) is 6.54 Å². The number of carboxylic acids is 1. The molecule has 3 atom stereocenters. The Morgan fingerprint density at radius 2 is 2.06 bits per heavy atom. The third-order valence-corrected chi connectivity index (χ3v) is 2.69. The molecule has 1 saturated heterocycles. The number of carbonyl (C=O) groups excluding carboxylic acids is 1. The number of aliphatic hydroxyl groups excluding tert-OH is 1. The molecule has 6 heteroatoms. The highest BCUT2D eigenvalue weighted by molar-refractivity contribution is 5.82. The van der Waals surface area contributed by atoms with E-state index in [0.717, 1.165) is 0 Å². The van der Waals surface area contributed by atoms with Crippen molar-refractivity contribution in [2.45, 2.75) is 50.9 Å². The van der Waals surface area contributed by atoms with E-state index in [1.54, 1.807) is 6.92 Å². The van der Waals surface area contributed by atoms with Crippen LogP contribution in [0.25, 0.3) is 0 Å². The Kier molecular flexibility index (Phi) is 5.37. The molecule has 1 amide bonds. The maximum absolute atomic E-state index is 11.6. The van der Waals surface area contributed by atoms with E-state index in [-0.39, 0.29) is 12.0 Å². The number of carbonyl (C=O) groups is 2. The van der Waals surface area contributed by atoms with Gasteiger partial charge in [0.15, 0.2) is 6.10 Å². The first-order valence-corrected chi connectivity index (χ1v) is 5.84. The number of hydrogen-bond donors (Lipinski definition) is 3. The van der Waals surface area contributed by atoms with Gasteiger partial charge in [-0.2, -0.15) is 0 Å². The zero-order valence-electron chi connectivity index (χ0n) is 9.89. The van der Waals surface area contributed by atoms with Crippen LogP contribution in [0, 0.1) is 0 Å². The van der Waals surface area contributed by atoms with Crippen molar-refractivity contribution < 1.29 is 24.5 Å². The van der Waals surface area contributed by atoms with Gasteiger partial charge in [0.1, 0.15) is 6.10 Å². The largest absolute Gasteiger partial charge is 0.479 e. The first kappa shape index (κ1) is 13.9. The Hall–Kier alpha value is -1.14. The zero-order valence-corrected chi connectivity index (χ0v) is 9.89. The van der Waals surface area contributed by atoms with Crippen molar-refractivity contribution in [3.05, 3.63) is 0 Å². The minimum atomic E-state index is -1.02. The van der Waals surface area contributed by atoms with E-state index in [1.807, 2.05) is 0 Å². The second kappa shape index (κ2) is 6.56. The van der Waals surface area contributed by atoms with Crippen LogP contribution in [0.1, 0.15) is 32.6 Å². The fourth-order valence-electron chi connectivity index (χ4n) is 1.73. The molecule has 1 rings (SSSR count). The molecule has 98 valence electrons. The van der Waals surface area contributed by atoms with Crippen molar-refractivity contribution in [1.29, 1.82) is 0 Å². The molecule has 0 saturated carbocycles. The number of amides is 1. The third kappa shape index (κ3) is 4.70. The lowest BCUT2D eigenvalue weighted by Gasteiger charge is -2.12. The Balaban J connectivity index is 2.19. The molecule has 3 N–H and O–H groups in total. The van der Waals surface area contributed by atoms with Crippen LogP contribution in [-0.4, -0.2) is 46.9 Å². The summed E-state index contributed by atoms with van der Waals surface area (Å²) in [6, 6.07) is 0. The van der Waals surface area contributed by atoms with E-state index in [4.69, 9.17) is 14.9 Å². The van der Waals surface area contributed by atoms with Gasteiger partial charge >= 0.3 is 5.97 Å². The molecular weight excluding hydrogens is 226 g/mol. The molecule has 0 spiro atoms. The van der Waals surface area contributed by atoms with Crippen LogP contribution in [0.2, 0.25) is 0 Å². The highest BCUT2D eigenvalue weighted by Crippen LogP contribution is 2.19. The van der Waals surface area contributed by atoms with Gasteiger partial charge in [-0.3, -0.25) is 4.79 Å². The second-order valence-electron chi connectivity index (χ2n) is 4.31. The van der Waals surface area contributed by atoms with Crippen LogP contribution in [0.15, 0.2) is 0 Å². The monoisotopic (exact) mass is 245 g/mol. The summed E-state index contributed by atoms with van der Waals surface area (Å²) in [5.74, 6) is -1.28. The SMILES string of the molecule is CC(O)CCCNC(=O)[C@@H]1CC[C@H](C(=O)O)O1. The number of nitrogens with one attached hydrogen (secondary N) is 1. The molecule has 1 heterocycles. The maximum atomic E-state index is 11.6. The van der Waals surface area contributed by atoms with Gasteiger partial charge in [-0.15, -0.1) is 0 Å². The summed E-state index contributed by atoms with van der Waals surface area (Å²) in [4.78, 5) is 22.2. The number of aliphatic carboxylic acids is 1. The molecule has 0 aliphatic carbocycles. The van der Waals surface area contributed by atoms with Gasteiger partial charge in [-0.25, -0.2) is 4.79 Å².